The van der Waals surface area contributed by atoms with Crippen molar-refractivity contribution in [1.29, 1.82) is 5.26 Å². The first-order valence-electron chi connectivity index (χ1n) is 8.37. The number of fused-ring (bicyclic) bond motifs is 1. The molecule has 1 aromatic carbocycles. The van der Waals surface area contributed by atoms with Gasteiger partial charge in [-0.1, -0.05) is 31.2 Å². The first-order valence-corrected chi connectivity index (χ1v) is 8.37. The lowest BCUT2D eigenvalue weighted by atomic mass is 10.0. The monoisotopic (exact) mass is 335 g/mol. The molecule has 1 unspecified atom stereocenters. The third kappa shape index (κ3) is 3.21. The van der Waals surface area contributed by atoms with Crippen molar-refractivity contribution in [3.05, 3.63) is 58.6 Å². The molecular weight excluding hydrogens is 314 g/mol. The summed E-state index contributed by atoms with van der Waals surface area (Å²) >= 11 is 0. The Bertz CT molecular complexity index is 961. The van der Waals surface area contributed by atoms with Crippen LogP contribution in [0, 0.1) is 11.3 Å². The Kier molecular flexibility index (Phi) is 5.01. The summed E-state index contributed by atoms with van der Waals surface area (Å²) in [6.07, 6.45) is 5.01. The van der Waals surface area contributed by atoms with Gasteiger partial charge in [0.05, 0.1) is 36.0 Å². The maximum atomic E-state index is 12.5. The molecule has 0 aliphatic heterocycles. The molecule has 1 atom stereocenters. The number of hydrogen-bond acceptors (Lipinski definition) is 3. The number of H-pyrrole nitrogens is 1. The second-order valence-electron chi connectivity index (χ2n) is 6.07. The van der Waals surface area contributed by atoms with E-state index in [9.17, 15) is 4.79 Å². The number of nitrogens with zero attached hydrogens (tertiary/aromatic N) is 2. The smallest absolute Gasteiger partial charge is 0.258 e. The second-order valence-corrected chi connectivity index (χ2v) is 6.07. The minimum atomic E-state index is -0.0976. The molecule has 0 saturated carbocycles. The highest BCUT2D eigenvalue weighted by Gasteiger charge is 2.18. The van der Waals surface area contributed by atoms with Gasteiger partial charge in [-0.05, 0) is 23.6 Å². The first kappa shape index (κ1) is 17.0. The van der Waals surface area contributed by atoms with Gasteiger partial charge in [-0.2, -0.15) is 5.26 Å². The minimum Gasteiger partial charge on any atom is -0.383 e. The number of benzene rings is 1. The summed E-state index contributed by atoms with van der Waals surface area (Å²) in [4.78, 5) is 15.3. The van der Waals surface area contributed by atoms with Crippen molar-refractivity contribution >= 4 is 10.9 Å². The minimum absolute atomic E-state index is 0.0976. The summed E-state index contributed by atoms with van der Waals surface area (Å²) in [6.45, 7) is 2.70. The van der Waals surface area contributed by atoms with E-state index in [-0.39, 0.29) is 11.6 Å². The molecule has 0 aliphatic carbocycles. The van der Waals surface area contributed by atoms with Crippen molar-refractivity contribution < 1.29 is 4.74 Å². The fourth-order valence-electron chi connectivity index (χ4n) is 3.22. The highest BCUT2D eigenvalue weighted by Crippen LogP contribution is 2.31. The van der Waals surface area contributed by atoms with E-state index < -0.39 is 0 Å². The Balaban J connectivity index is 2.18. The summed E-state index contributed by atoms with van der Waals surface area (Å²) in [6, 6.07) is 12.1. The number of aromatic amines is 1. The number of aromatic nitrogens is 2. The molecule has 25 heavy (non-hydrogen) atoms. The van der Waals surface area contributed by atoms with Crippen LogP contribution >= 0.6 is 0 Å². The van der Waals surface area contributed by atoms with E-state index in [4.69, 9.17) is 10.00 Å². The van der Waals surface area contributed by atoms with Gasteiger partial charge in [0.2, 0.25) is 0 Å². The number of ether oxygens (including phenoxy) is 1. The molecule has 1 N–H and O–H groups in total. The van der Waals surface area contributed by atoms with E-state index in [1.54, 1.807) is 13.3 Å². The molecule has 5 nitrogen and oxygen atoms in total. The Morgan fingerprint density at radius 1 is 1.28 bits per heavy atom. The van der Waals surface area contributed by atoms with Crippen molar-refractivity contribution in [3.63, 3.8) is 0 Å². The molecule has 2 aromatic heterocycles. The number of nitrogens with one attached hydrogen (secondary N) is 1. The van der Waals surface area contributed by atoms with Crippen molar-refractivity contribution in [2.75, 3.05) is 13.7 Å². The number of hydrogen-bond donors (Lipinski definition) is 1. The van der Waals surface area contributed by atoms with E-state index in [0.717, 1.165) is 28.6 Å². The number of methoxy groups -OCH3 is 1. The van der Waals surface area contributed by atoms with E-state index >= 15 is 0 Å². The van der Waals surface area contributed by atoms with Gasteiger partial charge < -0.3 is 14.3 Å². The van der Waals surface area contributed by atoms with Crippen molar-refractivity contribution in [1.82, 2.24) is 9.55 Å². The third-order valence-electron chi connectivity index (χ3n) is 4.53. The van der Waals surface area contributed by atoms with E-state index in [2.05, 4.69) is 22.5 Å². The first-order chi connectivity index (χ1) is 12.2. The molecule has 128 valence electrons. The molecule has 0 aliphatic rings. The highest BCUT2D eigenvalue weighted by molar-refractivity contribution is 5.95. The van der Waals surface area contributed by atoms with Gasteiger partial charge in [-0.3, -0.25) is 4.79 Å². The Morgan fingerprint density at radius 2 is 2.04 bits per heavy atom. The van der Waals surface area contributed by atoms with E-state index in [1.807, 2.05) is 36.5 Å². The maximum absolute atomic E-state index is 12.5. The highest BCUT2D eigenvalue weighted by atomic mass is 16.5. The maximum Gasteiger partial charge on any atom is 0.258 e. The van der Waals surface area contributed by atoms with Crippen LogP contribution in [0.1, 0.15) is 24.9 Å². The Morgan fingerprint density at radius 3 is 2.68 bits per heavy atom. The zero-order valence-corrected chi connectivity index (χ0v) is 14.5. The van der Waals surface area contributed by atoms with Crippen LogP contribution in [0.15, 0.2) is 47.5 Å². The van der Waals surface area contributed by atoms with Crippen molar-refractivity contribution in [2.24, 2.45) is 0 Å². The zero-order chi connectivity index (χ0) is 17.8. The number of nitriles is 1. The molecule has 3 aromatic rings. The third-order valence-corrected chi connectivity index (χ3v) is 4.53. The molecule has 0 bridgehead atoms. The van der Waals surface area contributed by atoms with E-state index in [0.29, 0.717) is 18.4 Å². The Hall–Kier alpha value is -2.84. The predicted molar refractivity (Wildman–Crippen MR) is 98.5 cm³/mol. The van der Waals surface area contributed by atoms with Crippen LogP contribution in [0.3, 0.4) is 0 Å². The summed E-state index contributed by atoms with van der Waals surface area (Å²) in [7, 11) is 1.69. The zero-order valence-electron chi connectivity index (χ0n) is 14.5. The summed E-state index contributed by atoms with van der Waals surface area (Å²) in [5.41, 5.74) is 3.64. The van der Waals surface area contributed by atoms with Gasteiger partial charge in [-0.25, -0.2) is 0 Å². The van der Waals surface area contributed by atoms with Gasteiger partial charge in [0, 0.05) is 25.1 Å². The lowest BCUT2D eigenvalue weighted by Crippen LogP contribution is -2.13. The van der Waals surface area contributed by atoms with Crippen LogP contribution in [-0.4, -0.2) is 23.3 Å². The number of rotatable bonds is 6. The summed E-state index contributed by atoms with van der Waals surface area (Å²) in [5.74, 6) is 0. The Labute approximate surface area is 146 Å². The van der Waals surface area contributed by atoms with Gasteiger partial charge in [0.15, 0.2) is 0 Å². The lowest BCUT2D eigenvalue weighted by Gasteiger charge is -2.17. The van der Waals surface area contributed by atoms with Crippen molar-refractivity contribution in [3.8, 4) is 17.2 Å². The fourth-order valence-corrected chi connectivity index (χ4v) is 3.22. The molecular formula is C20H21N3O2. The molecule has 0 fully saturated rings. The van der Waals surface area contributed by atoms with Crippen LogP contribution in [-0.2, 0) is 11.2 Å². The van der Waals surface area contributed by atoms with Gasteiger partial charge in [0.25, 0.3) is 5.56 Å². The van der Waals surface area contributed by atoms with Crippen molar-refractivity contribution in [2.45, 2.75) is 25.8 Å². The average molecular weight is 335 g/mol. The van der Waals surface area contributed by atoms with Gasteiger partial charge >= 0.3 is 0 Å². The molecule has 2 heterocycles. The lowest BCUT2D eigenvalue weighted by molar-refractivity contribution is 0.155. The molecule has 3 rings (SSSR count). The van der Waals surface area contributed by atoms with Gasteiger partial charge in [-0.15, -0.1) is 0 Å². The van der Waals surface area contributed by atoms with E-state index in [1.165, 1.54) is 0 Å². The largest absolute Gasteiger partial charge is 0.383 e. The molecule has 0 amide bonds. The van der Waals surface area contributed by atoms with Crippen LogP contribution < -0.4 is 5.56 Å². The van der Waals surface area contributed by atoms with Crippen LogP contribution in [0.2, 0.25) is 0 Å². The fraction of sp³-hybridized carbons (Fsp3) is 0.300. The average Bonchev–Trinajstić information content (AvgIpc) is 3.01. The van der Waals surface area contributed by atoms with Crippen LogP contribution in [0.4, 0.5) is 0 Å². The predicted octanol–water partition coefficient (Wildman–Crippen LogP) is 3.66. The molecule has 5 heteroatoms. The topological polar surface area (TPSA) is 70.8 Å². The molecule has 0 radical (unpaired) electrons. The normalized spacial score (nSPS) is 12.2. The standard InChI is InChI=1S/C20H21N3O2/c1-3-16(13-25-2)23-12-17(19-18(23)9-11-22-20(19)24)15-6-4-14(5-7-15)8-10-21/h4-7,9,11-12,16H,3,8,13H2,1-2H3,(H,22,24). The number of pyridine rings is 1. The van der Waals surface area contributed by atoms with Crippen LogP contribution in [0.5, 0.6) is 0 Å². The summed E-state index contributed by atoms with van der Waals surface area (Å²) in [5, 5.41) is 9.50. The SMILES string of the molecule is CCC(COC)n1cc(-c2ccc(CC#N)cc2)c2c(=O)[nH]ccc21. The quantitative estimate of drug-likeness (QED) is 0.747. The molecule has 0 saturated heterocycles. The van der Waals surface area contributed by atoms with Gasteiger partial charge in [0.1, 0.15) is 0 Å². The second kappa shape index (κ2) is 7.37. The van der Waals surface area contributed by atoms with Crippen LogP contribution in [0.25, 0.3) is 22.0 Å². The molecule has 0 spiro atoms. The summed E-state index contributed by atoms with van der Waals surface area (Å²) < 4.78 is 7.48.